The Labute approximate surface area is 137 Å². The third-order valence-electron chi connectivity index (χ3n) is 4.05. The topological polar surface area (TPSA) is 45.2 Å². The van der Waals surface area contributed by atoms with E-state index < -0.39 is 17.8 Å². The maximum Gasteiger partial charge on any atom is 0.416 e. The highest BCUT2D eigenvalue weighted by Gasteiger charge is 2.32. The molecular formula is C17H16F3N3O. The Balaban J connectivity index is 1.75. The van der Waals surface area contributed by atoms with Gasteiger partial charge in [0.2, 0.25) is 0 Å². The van der Waals surface area contributed by atoms with Gasteiger partial charge < -0.3 is 10.2 Å². The van der Waals surface area contributed by atoms with Crippen molar-refractivity contribution < 1.29 is 18.0 Å². The molecule has 1 fully saturated rings. The van der Waals surface area contributed by atoms with Gasteiger partial charge in [0.15, 0.2) is 0 Å². The number of likely N-dealkylation sites (tertiary alicyclic amines) is 1. The van der Waals surface area contributed by atoms with E-state index in [2.05, 4.69) is 10.3 Å². The van der Waals surface area contributed by atoms with Crippen LogP contribution >= 0.6 is 0 Å². The molecule has 1 saturated heterocycles. The first-order valence-electron chi connectivity index (χ1n) is 7.60. The van der Waals surface area contributed by atoms with Gasteiger partial charge >= 0.3 is 12.2 Å². The highest BCUT2D eigenvalue weighted by molar-refractivity contribution is 5.90. The summed E-state index contributed by atoms with van der Waals surface area (Å²) in [6.07, 6.45) is 0.560. The number of amides is 2. The number of urea groups is 1. The molecule has 0 saturated carbocycles. The van der Waals surface area contributed by atoms with Crippen LogP contribution in [0.5, 0.6) is 0 Å². The van der Waals surface area contributed by atoms with Crippen LogP contribution in [0.4, 0.5) is 23.7 Å². The molecular weight excluding hydrogens is 319 g/mol. The van der Waals surface area contributed by atoms with Crippen LogP contribution in [-0.2, 0) is 6.18 Å². The third-order valence-corrected chi connectivity index (χ3v) is 4.05. The molecule has 7 heteroatoms. The number of carbonyl (C=O) groups is 1. The Morgan fingerprint density at radius 2 is 1.96 bits per heavy atom. The fraction of sp³-hybridized carbons (Fsp3) is 0.294. The van der Waals surface area contributed by atoms with E-state index in [9.17, 15) is 18.0 Å². The van der Waals surface area contributed by atoms with Crippen molar-refractivity contribution >= 4 is 11.7 Å². The van der Waals surface area contributed by atoms with E-state index in [1.54, 1.807) is 17.3 Å². The molecule has 1 N–H and O–H groups in total. The van der Waals surface area contributed by atoms with Crippen molar-refractivity contribution in [2.75, 3.05) is 11.9 Å². The van der Waals surface area contributed by atoms with Crippen LogP contribution in [0, 0.1) is 0 Å². The molecule has 1 aliphatic rings. The molecule has 2 aromatic rings. The number of benzene rings is 1. The minimum Gasteiger partial charge on any atom is -0.317 e. The van der Waals surface area contributed by atoms with Crippen LogP contribution in [0.3, 0.4) is 0 Å². The Morgan fingerprint density at radius 3 is 2.67 bits per heavy atom. The first kappa shape index (κ1) is 16.3. The number of anilines is 1. The summed E-state index contributed by atoms with van der Waals surface area (Å²) >= 11 is 0. The standard InChI is InChI=1S/C17H16F3N3O/c18-17(19,20)13-3-1-4-14(11-13)22-16(24)23-10-2-5-15(23)12-6-8-21-9-7-12/h1,3-4,6-9,11,15H,2,5,10H2,(H,22,24). The first-order valence-corrected chi connectivity index (χ1v) is 7.60. The molecule has 1 unspecified atom stereocenters. The summed E-state index contributed by atoms with van der Waals surface area (Å²) in [4.78, 5) is 18.1. The van der Waals surface area contributed by atoms with Crippen LogP contribution in [0.1, 0.15) is 30.0 Å². The van der Waals surface area contributed by atoms with Gasteiger partial charge in [0.05, 0.1) is 11.6 Å². The number of carbonyl (C=O) groups excluding carboxylic acids is 1. The van der Waals surface area contributed by atoms with E-state index in [-0.39, 0.29) is 11.7 Å². The van der Waals surface area contributed by atoms with Gasteiger partial charge in [-0.05, 0) is 48.7 Å². The maximum atomic E-state index is 12.8. The zero-order chi connectivity index (χ0) is 17.2. The third kappa shape index (κ3) is 3.50. The van der Waals surface area contributed by atoms with E-state index in [1.165, 1.54) is 12.1 Å². The fourth-order valence-corrected chi connectivity index (χ4v) is 2.91. The summed E-state index contributed by atoms with van der Waals surface area (Å²) in [5, 5.41) is 2.57. The largest absolute Gasteiger partial charge is 0.416 e. The molecule has 0 radical (unpaired) electrons. The second-order valence-corrected chi connectivity index (χ2v) is 5.64. The van der Waals surface area contributed by atoms with Crippen molar-refractivity contribution in [2.24, 2.45) is 0 Å². The summed E-state index contributed by atoms with van der Waals surface area (Å²) in [7, 11) is 0. The normalized spacial score (nSPS) is 17.8. The minimum atomic E-state index is -4.44. The fourth-order valence-electron chi connectivity index (χ4n) is 2.91. The first-order chi connectivity index (χ1) is 11.4. The van der Waals surface area contributed by atoms with E-state index in [1.807, 2.05) is 12.1 Å². The van der Waals surface area contributed by atoms with Gasteiger partial charge in [0.1, 0.15) is 0 Å². The van der Waals surface area contributed by atoms with E-state index in [4.69, 9.17) is 0 Å². The molecule has 24 heavy (non-hydrogen) atoms. The monoisotopic (exact) mass is 335 g/mol. The predicted octanol–water partition coefficient (Wildman–Crippen LogP) is 4.47. The molecule has 3 rings (SSSR count). The van der Waals surface area contributed by atoms with Gasteiger partial charge in [0, 0.05) is 24.6 Å². The van der Waals surface area contributed by atoms with Gasteiger partial charge in [-0.3, -0.25) is 4.98 Å². The van der Waals surface area contributed by atoms with Crippen LogP contribution in [0.2, 0.25) is 0 Å². The molecule has 2 amide bonds. The van der Waals surface area contributed by atoms with Gasteiger partial charge in [-0.1, -0.05) is 6.07 Å². The Bertz CT molecular complexity index is 719. The van der Waals surface area contributed by atoms with Crippen molar-refractivity contribution in [2.45, 2.75) is 25.1 Å². The number of rotatable bonds is 2. The highest BCUT2D eigenvalue weighted by Crippen LogP contribution is 2.33. The quantitative estimate of drug-likeness (QED) is 0.880. The number of halogens is 3. The van der Waals surface area contributed by atoms with Crippen molar-refractivity contribution in [1.29, 1.82) is 0 Å². The second kappa shape index (κ2) is 6.51. The lowest BCUT2D eigenvalue weighted by molar-refractivity contribution is -0.137. The smallest absolute Gasteiger partial charge is 0.317 e. The van der Waals surface area contributed by atoms with E-state index in [0.29, 0.717) is 6.54 Å². The van der Waals surface area contributed by atoms with Gasteiger partial charge in [-0.2, -0.15) is 13.2 Å². The summed E-state index contributed by atoms with van der Waals surface area (Å²) in [5.74, 6) is 0. The molecule has 1 aromatic heterocycles. The van der Waals surface area contributed by atoms with Crippen molar-refractivity contribution in [3.63, 3.8) is 0 Å². The Kier molecular flexibility index (Phi) is 4.42. The number of alkyl halides is 3. The Morgan fingerprint density at radius 1 is 1.21 bits per heavy atom. The SMILES string of the molecule is O=C(Nc1cccc(C(F)(F)F)c1)N1CCCC1c1ccncc1. The summed E-state index contributed by atoms with van der Waals surface area (Å²) < 4.78 is 38.3. The average molecular weight is 335 g/mol. The van der Waals surface area contributed by atoms with Crippen LogP contribution in [0.25, 0.3) is 0 Å². The highest BCUT2D eigenvalue weighted by atomic mass is 19.4. The van der Waals surface area contributed by atoms with E-state index >= 15 is 0 Å². The molecule has 126 valence electrons. The Hall–Kier alpha value is -2.57. The molecule has 2 heterocycles. The number of aromatic nitrogens is 1. The maximum absolute atomic E-state index is 12.8. The predicted molar refractivity (Wildman–Crippen MR) is 83.4 cm³/mol. The number of nitrogens with one attached hydrogen (secondary N) is 1. The van der Waals surface area contributed by atoms with Crippen molar-refractivity contribution in [1.82, 2.24) is 9.88 Å². The molecule has 0 spiro atoms. The molecule has 1 atom stereocenters. The van der Waals surface area contributed by atoms with Crippen molar-refractivity contribution in [3.05, 3.63) is 59.9 Å². The lowest BCUT2D eigenvalue weighted by atomic mass is 10.1. The lowest BCUT2D eigenvalue weighted by Crippen LogP contribution is -2.34. The second-order valence-electron chi connectivity index (χ2n) is 5.64. The number of pyridine rings is 1. The number of hydrogen-bond acceptors (Lipinski definition) is 2. The zero-order valence-corrected chi connectivity index (χ0v) is 12.8. The molecule has 4 nitrogen and oxygen atoms in total. The number of hydrogen-bond donors (Lipinski definition) is 1. The van der Waals surface area contributed by atoms with Crippen LogP contribution in [-0.4, -0.2) is 22.5 Å². The molecule has 1 aliphatic heterocycles. The van der Waals surface area contributed by atoms with Crippen LogP contribution < -0.4 is 5.32 Å². The van der Waals surface area contributed by atoms with Crippen LogP contribution in [0.15, 0.2) is 48.8 Å². The van der Waals surface area contributed by atoms with E-state index in [0.717, 1.165) is 30.5 Å². The molecule has 1 aromatic carbocycles. The van der Waals surface area contributed by atoms with Gasteiger partial charge in [-0.25, -0.2) is 4.79 Å². The van der Waals surface area contributed by atoms with Gasteiger partial charge in [0.25, 0.3) is 0 Å². The van der Waals surface area contributed by atoms with Crippen molar-refractivity contribution in [3.8, 4) is 0 Å². The molecule has 0 bridgehead atoms. The average Bonchev–Trinajstić information content (AvgIpc) is 3.05. The summed E-state index contributed by atoms with van der Waals surface area (Å²) in [6.45, 7) is 0.567. The summed E-state index contributed by atoms with van der Waals surface area (Å²) in [6, 6.07) is 7.86. The zero-order valence-electron chi connectivity index (χ0n) is 12.8. The van der Waals surface area contributed by atoms with Gasteiger partial charge in [-0.15, -0.1) is 0 Å². The lowest BCUT2D eigenvalue weighted by Gasteiger charge is -2.25. The minimum absolute atomic E-state index is 0.0844. The molecule has 0 aliphatic carbocycles. The summed E-state index contributed by atoms with van der Waals surface area (Å²) in [5.41, 5.74) is 0.323. The number of nitrogens with zero attached hydrogens (tertiary/aromatic N) is 2.